The predicted octanol–water partition coefficient (Wildman–Crippen LogP) is 2.61. The van der Waals surface area contributed by atoms with Crippen molar-refractivity contribution >= 4 is 43.2 Å². The van der Waals surface area contributed by atoms with E-state index in [2.05, 4.69) is 9.71 Å². The summed E-state index contributed by atoms with van der Waals surface area (Å²) in [7, 11) is -0.823. The molecule has 2 aromatic carbocycles. The molecule has 29 heavy (non-hydrogen) atoms. The molecule has 0 aliphatic heterocycles. The van der Waals surface area contributed by atoms with Crippen molar-refractivity contribution < 1.29 is 22.7 Å². The smallest absolute Gasteiger partial charge is 0.285 e. The predicted molar refractivity (Wildman–Crippen MR) is 112 cm³/mol. The van der Waals surface area contributed by atoms with Gasteiger partial charge in [0, 0.05) is 26.3 Å². The number of amides is 1. The van der Waals surface area contributed by atoms with Crippen molar-refractivity contribution in [1.82, 2.24) is 4.57 Å². The van der Waals surface area contributed by atoms with Crippen LogP contribution < -0.4 is 14.9 Å². The molecule has 0 unspecified atom stereocenters. The van der Waals surface area contributed by atoms with Gasteiger partial charge >= 0.3 is 0 Å². The van der Waals surface area contributed by atoms with Crippen LogP contribution >= 0.6 is 11.3 Å². The standard InChI is InChI=1S/C19H21N3O5S2/c1-13(23)20-14-4-9-17-18(12-14)28-19(22(17)10-11-26-2)21-29(24,25)16-7-5-15(27-3)6-8-16/h4-9,12H,10-11H2,1-3H3,(H,20,23). The van der Waals surface area contributed by atoms with Crippen molar-refractivity contribution in [2.24, 2.45) is 4.40 Å². The first-order valence-electron chi connectivity index (χ1n) is 8.69. The molecule has 0 atom stereocenters. The summed E-state index contributed by atoms with van der Waals surface area (Å²) in [4.78, 5) is 11.7. The van der Waals surface area contributed by atoms with Gasteiger partial charge in [-0.3, -0.25) is 4.79 Å². The summed E-state index contributed by atoms with van der Waals surface area (Å²) in [6, 6.07) is 11.5. The normalized spacial score (nSPS) is 12.3. The van der Waals surface area contributed by atoms with E-state index in [1.165, 1.54) is 37.5 Å². The SMILES string of the molecule is COCCn1c(=NS(=O)(=O)c2ccc(OC)cc2)sc2cc(NC(C)=O)ccc21. The van der Waals surface area contributed by atoms with Gasteiger partial charge in [0.1, 0.15) is 5.75 Å². The van der Waals surface area contributed by atoms with Gasteiger partial charge in [0.25, 0.3) is 10.0 Å². The number of hydrogen-bond donors (Lipinski definition) is 1. The minimum absolute atomic E-state index is 0.0768. The topological polar surface area (TPSA) is 99.0 Å². The number of nitrogens with zero attached hydrogens (tertiary/aromatic N) is 2. The fourth-order valence-corrected chi connectivity index (χ4v) is 5.02. The zero-order valence-electron chi connectivity index (χ0n) is 16.2. The van der Waals surface area contributed by atoms with E-state index in [1.807, 2.05) is 6.07 Å². The molecule has 1 amide bonds. The maximum absolute atomic E-state index is 12.8. The average molecular weight is 436 g/mol. The second kappa shape index (κ2) is 8.76. The third-order valence-electron chi connectivity index (χ3n) is 4.08. The quantitative estimate of drug-likeness (QED) is 0.615. The molecule has 154 valence electrons. The van der Waals surface area contributed by atoms with Gasteiger partial charge < -0.3 is 19.4 Å². The molecule has 3 rings (SSSR count). The van der Waals surface area contributed by atoms with E-state index in [1.54, 1.807) is 35.9 Å². The number of hydrogen-bond acceptors (Lipinski definition) is 6. The molecule has 0 saturated heterocycles. The van der Waals surface area contributed by atoms with Crippen molar-refractivity contribution in [1.29, 1.82) is 0 Å². The van der Waals surface area contributed by atoms with Crippen molar-refractivity contribution in [3.05, 3.63) is 47.3 Å². The second-order valence-electron chi connectivity index (χ2n) is 6.13. The number of ether oxygens (including phenoxy) is 2. The number of nitrogens with one attached hydrogen (secondary N) is 1. The van der Waals surface area contributed by atoms with Crippen LogP contribution in [0.3, 0.4) is 0 Å². The lowest BCUT2D eigenvalue weighted by Gasteiger charge is -2.06. The van der Waals surface area contributed by atoms with Crippen LogP contribution in [0.4, 0.5) is 5.69 Å². The second-order valence-corrected chi connectivity index (χ2v) is 8.75. The summed E-state index contributed by atoms with van der Waals surface area (Å²) in [5.41, 5.74) is 1.44. The maximum Gasteiger partial charge on any atom is 0.285 e. The molecule has 1 heterocycles. The molecule has 0 radical (unpaired) electrons. The first kappa shape index (κ1) is 21.0. The molecule has 0 saturated carbocycles. The number of fused-ring (bicyclic) bond motifs is 1. The van der Waals surface area contributed by atoms with Gasteiger partial charge in [0.15, 0.2) is 0 Å². The number of carbonyl (C=O) groups excluding carboxylic acids is 1. The summed E-state index contributed by atoms with van der Waals surface area (Å²) < 4.78 is 42.5. The summed E-state index contributed by atoms with van der Waals surface area (Å²) in [6.07, 6.45) is 0. The minimum atomic E-state index is -3.91. The van der Waals surface area contributed by atoms with Crippen LogP contribution in [0.25, 0.3) is 10.2 Å². The van der Waals surface area contributed by atoms with Crippen LogP contribution in [-0.2, 0) is 26.1 Å². The minimum Gasteiger partial charge on any atom is -0.497 e. The van der Waals surface area contributed by atoms with Crippen LogP contribution in [0.15, 0.2) is 51.8 Å². The Labute approximate surface area is 172 Å². The molecule has 1 aromatic heterocycles. The number of aromatic nitrogens is 1. The lowest BCUT2D eigenvalue weighted by Crippen LogP contribution is -2.19. The third-order valence-corrected chi connectivity index (χ3v) is 6.52. The molecular formula is C19H21N3O5S2. The Balaban J connectivity index is 2.13. The van der Waals surface area contributed by atoms with Crippen LogP contribution in [0.5, 0.6) is 5.75 Å². The lowest BCUT2D eigenvalue weighted by atomic mass is 10.3. The highest BCUT2D eigenvalue weighted by Gasteiger charge is 2.15. The summed E-state index contributed by atoms with van der Waals surface area (Å²) in [5.74, 6) is 0.381. The molecular weight excluding hydrogens is 414 g/mol. The van der Waals surface area contributed by atoms with Gasteiger partial charge in [0.05, 0.1) is 28.8 Å². The molecule has 0 fully saturated rings. The average Bonchev–Trinajstić information content (AvgIpc) is 3.01. The van der Waals surface area contributed by atoms with Crippen LogP contribution in [-0.4, -0.2) is 39.7 Å². The monoisotopic (exact) mass is 435 g/mol. The molecule has 0 bridgehead atoms. The van der Waals surface area contributed by atoms with Crippen LogP contribution in [0.2, 0.25) is 0 Å². The van der Waals surface area contributed by atoms with E-state index in [0.717, 1.165) is 10.2 Å². The Morgan fingerprint density at radius 3 is 2.52 bits per heavy atom. The zero-order chi connectivity index (χ0) is 21.0. The number of rotatable bonds is 7. The maximum atomic E-state index is 12.8. The largest absolute Gasteiger partial charge is 0.497 e. The number of thiazole rings is 1. The highest BCUT2D eigenvalue weighted by Crippen LogP contribution is 2.23. The lowest BCUT2D eigenvalue weighted by molar-refractivity contribution is -0.114. The van der Waals surface area contributed by atoms with Gasteiger partial charge in [-0.15, -0.1) is 4.40 Å². The van der Waals surface area contributed by atoms with Gasteiger partial charge in [-0.2, -0.15) is 8.42 Å². The zero-order valence-corrected chi connectivity index (χ0v) is 17.8. The first-order valence-corrected chi connectivity index (χ1v) is 10.9. The third kappa shape index (κ3) is 4.84. The van der Waals surface area contributed by atoms with Crippen LogP contribution in [0, 0.1) is 0 Å². The number of anilines is 1. The number of carbonyl (C=O) groups is 1. The highest BCUT2D eigenvalue weighted by atomic mass is 32.2. The Bertz CT molecular complexity index is 1190. The van der Waals surface area contributed by atoms with Gasteiger partial charge in [0.2, 0.25) is 10.7 Å². The fourth-order valence-electron chi connectivity index (χ4n) is 2.73. The van der Waals surface area contributed by atoms with E-state index in [-0.39, 0.29) is 10.8 Å². The molecule has 0 aliphatic rings. The highest BCUT2D eigenvalue weighted by molar-refractivity contribution is 7.90. The Kier molecular flexibility index (Phi) is 6.36. The Hall–Kier alpha value is -2.69. The molecule has 0 spiro atoms. The Morgan fingerprint density at radius 1 is 1.17 bits per heavy atom. The van der Waals surface area contributed by atoms with Gasteiger partial charge in [-0.1, -0.05) is 11.3 Å². The Morgan fingerprint density at radius 2 is 1.90 bits per heavy atom. The van der Waals surface area contributed by atoms with Gasteiger partial charge in [-0.25, -0.2) is 0 Å². The molecule has 3 aromatic rings. The molecule has 1 N–H and O–H groups in total. The molecule has 10 heteroatoms. The van der Waals surface area contributed by atoms with Gasteiger partial charge in [-0.05, 0) is 42.5 Å². The molecule has 0 aliphatic carbocycles. The number of benzene rings is 2. The first-order chi connectivity index (χ1) is 13.8. The van der Waals surface area contributed by atoms with Crippen molar-refractivity contribution in [3.8, 4) is 5.75 Å². The number of sulfonamides is 1. The van der Waals surface area contributed by atoms with Crippen LogP contribution in [0.1, 0.15) is 6.92 Å². The van der Waals surface area contributed by atoms with E-state index < -0.39 is 10.0 Å². The van der Waals surface area contributed by atoms with E-state index in [4.69, 9.17) is 9.47 Å². The summed E-state index contributed by atoms with van der Waals surface area (Å²) in [5, 5.41) is 2.73. The van der Waals surface area contributed by atoms with Crippen molar-refractivity contribution in [2.75, 3.05) is 26.1 Å². The van der Waals surface area contributed by atoms with Crippen molar-refractivity contribution in [2.45, 2.75) is 18.4 Å². The summed E-state index contributed by atoms with van der Waals surface area (Å²) in [6.45, 7) is 2.27. The fraction of sp³-hybridized carbons (Fsp3) is 0.263. The summed E-state index contributed by atoms with van der Waals surface area (Å²) >= 11 is 1.23. The van der Waals surface area contributed by atoms with Crippen molar-refractivity contribution in [3.63, 3.8) is 0 Å². The number of methoxy groups -OCH3 is 2. The van der Waals surface area contributed by atoms with E-state index in [9.17, 15) is 13.2 Å². The molecule has 8 nitrogen and oxygen atoms in total. The van der Waals surface area contributed by atoms with E-state index >= 15 is 0 Å². The van der Waals surface area contributed by atoms with E-state index in [0.29, 0.717) is 29.4 Å².